The predicted molar refractivity (Wildman–Crippen MR) is 64.2 cm³/mol. The quantitative estimate of drug-likeness (QED) is 0.789. The summed E-state index contributed by atoms with van der Waals surface area (Å²) < 4.78 is 0. The zero-order valence-corrected chi connectivity index (χ0v) is 10.2. The van der Waals surface area contributed by atoms with Gasteiger partial charge in [-0.15, -0.1) is 0 Å². The third-order valence-corrected chi connectivity index (χ3v) is 1.56. The Balaban J connectivity index is 0. The molecule has 1 heterocycles. The number of pyridine rings is 1. The van der Waals surface area contributed by atoms with Gasteiger partial charge in [-0.2, -0.15) is 0 Å². The minimum Gasteiger partial charge on any atom is -0.325 e. The van der Waals surface area contributed by atoms with Gasteiger partial charge in [-0.25, -0.2) is 0 Å². The van der Waals surface area contributed by atoms with Crippen LogP contribution in [0.4, 0.5) is 0 Å². The molecule has 0 aliphatic heterocycles. The van der Waals surface area contributed by atoms with E-state index in [1.807, 2.05) is 33.8 Å². The fraction of sp³-hybridized carbons (Fsp3) is 0.583. The van der Waals surface area contributed by atoms with E-state index in [0.29, 0.717) is 6.54 Å². The van der Waals surface area contributed by atoms with Crippen LogP contribution in [0, 0.1) is 0 Å². The fourth-order valence-corrected chi connectivity index (χ4v) is 0.977. The van der Waals surface area contributed by atoms with Crippen molar-refractivity contribution in [2.45, 2.75) is 47.6 Å². The Morgan fingerprint density at radius 1 is 1.21 bits per heavy atom. The second-order valence-corrected chi connectivity index (χ2v) is 2.17. The summed E-state index contributed by atoms with van der Waals surface area (Å²) in [6, 6.07) is 4.01. The fourth-order valence-electron chi connectivity index (χ4n) is 0.977. The standard InChI is InChI=1S/C8H12N2.2C2H6/c1-2-7-4-3-5-10-8(7)6-9;2*1-2/h3-5H,2,6,9H2,1H3;2*1-2H3. The van der Waals surface area contributed by atoms with Crippen molar-refractivity contribution in [3.63, 3.8) is 0 Å². The van der Waals surface area contributed by atoms with Crippen molar-refractivity contribution in [2.24, 2.45) is 5.73 Å². The van der Waals surface area contributed by atoms with E-state index in [1.165, 1.54) is 5.56 Å². The van der Waals surface area contributed by atoms with Crippen molar-refractivity contribution in [1.29, 1.82) is 0 Å². The van der Waals surface area contributed by atoms with Gasteiger partial charge in [0.1, 0.15) is 0 Å². The van der Waals surface area contributed by atoms with Gasteiger partial charge in [-0.3, -0.25) is 4.98 Å². The summed E-state index contributed by atoms with van der Waals surface area (Å²) in [6.45, 7) is 10.7. The first-order chi connectivity index (χ1) is 6.88. The van der Waals surface area contributed by atoms with E-state index in [0.717, 1.165) is 12.1 Å². The Morgan fingerprint density at radius 2 is 1.79 bits per heavy atom. The zero-order chi connectivity index (χ0) is 11.4. The Kier molecular flexibility index (Phi) is 13.5. The van der Waals surface area contributed by atoms with Gasteiger partial charge < -0.3 is 5.73 Å². The lowest BCUT2D eigenvalue weighted by atomic mass is 10.1. The highest BCUT2D eigenvalue weighted by Crippen LogP contribution is 2.03. The summed E-state index contributed by atoms with van der Waals surface area (Å²) in [5.74, 6) is 0. The third-order valence-electron chi connectivity index (χ3n) is 1.56. The van der Waals surface area contributed by atoms with Gasteiger partial charge in [0.15, 0.2) is 0 Å². The van der Waals surface area contributed by atoms with Crippen LogP contribution in [0.5, 0.6) is 0 Å². The summed E-state index contributed by atoms with van der Waals surface area (Å²) >= 11 is 0. The smallest absolute Gasteiger partial charge is 0.0571 e. The minimum absolute atomic E-state index is 0.546. The van der Waals surface area contributed by atoms with Gasteiger partial charge in [0.2, 0.25) is 0 Å². The van der Waals surface area contributed by atoms with Crippen LogP contribution in [0.2, 0.25) is 0 Å². The molecule has 0 atom stereocenters. The van der Waals surface area contributed by atoms with Crippen molar-refractivity contribution >= 4 is 0 Å². The molecule has 82 valence electrons. The first-order valence-corrected chi connectivity index (χ1v) is 5.51. The molecule has 0 aliphatic carbocycles. The normalized spacial score (nSPS) is 7.86. The maximum absolute atomic E-state index is 5.46. The molecule has 0 saturated heterocycles. The van der Waals surface area contributed by atoms with Gasteiger partial charge in [0, 0.05) is 12.7 Å². The molecule has 2 nitrogen and oxygen atoms in total. The number of aryl methyl sites for hydroxylation is 1. The summed E-state index contributed by atoms with van der Waals surface area (Å²) in [6.07, 6.45) is 2.79. The molecule has 1 rings (SSSR count). The second-order valence-electron chi connectivity index (χ2n) is 2.17. The molecule has 2 heteroatoms. The van der Waals surface area contributed by atoms with Crippen molar-refractivity contribution < 1.29 is 0 Å². The van der Waals surface area contributed by atoms with Crippen LogP contribution in [0.15, 0.2) is 18.3 Å². The molecule has 0 radical (unpaired) electrons. The van der Waals surface area contributed by atoms with Crippen molar-refractivity contribution in [2.75, 3.05) is 0 Å². The Labute approximate surface area is 88.6 Å². The second kappa shape index (κ2) is 12.1. The first kappa shape index (κ1) is 15.6. The minimum atomic E-state index is 0.546. The Hall–Kier alpha value is -0.890. The number of nitrogens with zero attached hydrogens (tertiary/aromatic N) is 1. The molecule has 2 N–H and O–H groups in total. The molecule has 0 aromatic carbocycles. The van der Waals surface area contributed by atoms with Gasteiger partial charge in [-0.1, -0.05) is 40.7 Å². The van der Waals surface area contributed by atoms with Gasteiger partial charge in [0.25, 0.3) is 0 Å². The highest BCUT2D eigenvalue weighted by Gasteiger charge is 1.95. The molecule has 0 bridgehead atoms. The summed E-state index contributed by atoms with van der Waals surface area (Å²) in [7, 11) is 0. The van der Waals surface area contributed by atoms with E-state index in [-0.39, 0.29) is 0 Å². The van der Waals surface area contributed by atoms with Crippen LogP contribution in [0.3, 0.4) is 0 Å². The number of hydrogen-bond donors (Lipinski definition) is 1. The highest BCUT2D eigenvalue weighted by atomic mass is 14.7. The van der Waals surface area contributed by atoms with Crippen molar-refractivity contribution in [3.8, 4) is 0 Å². The molecular formula is C12H24N2. The largest absolute Gasteiger partial charge is 0.325 e. The maximum atomic E-state index is 5.46. The number of nitrogens with two attached hydrogens (primary N) is 1. The van der Waals surface area contributed by atoms with Crippen LogP contribution in [0.1, 0.15) is 45.9 Å². The first-order valence-electron chi connectivity index (χ1n) is 5.51. The molecule has 0 unspecified atom stereocenters. The summed E-state index contributed by atoms with van der Waals surface area (Å²) in [5.41, 5.74) is 7.74. The van der Waals surface area contributed by atoms with E-state index >= 15 is 0 Å². The third kappa shape index (κ3) is 5.70. The average Bonchev–Trinajstić information content (AvgIpc) is 2.34. The topological polar surface area (TPSA) is 38.9 Å². The molecule has 1 aromatic rings. The lowest BCUT2D eigenvalue weighted by Gasteiger charge is -2.01. The SMILES string of the molecule is CC.CC.CCc1cccnc1CN. The lowest BCUT2D eigenvalue weighted by Crippen LogP contribution is -2.02. The van der Waals surface area contributed by atoms with E-state index in [2.05, 4.69) is 18.0 Å². The molecule has 0 aliphatic rings. The molecule has 14 heavy (non-hydrogen) atoms. The van der Waals surface area contributed by atoms with E-state index < -0.39 is 0 Å². The van der Waals surface area contributed by atoms with Crippen molar-refractivity contribution in [1.82, 2.24) is 4.98 Å². The summed E-state index contributed by atoms with van der Waals surface area (Å²) in [5, 5.41) is 0. The van der Waals surface area contributed by atoms with Gasteiger partial charge >= 0.3 is 0 Å². The maximum Gasteiger partial charge on any atom is 0.0571 e. The van der Waals surface area contributed by atoms with Crippen LogP contribution in [-0.2, 0) is 13.0 Å². The van der Waals surface area contributed by atoms with E-state index in [9.17, 15) is 0 Å². The van der Waals surface area contributed by atoms with E-state index in [1.54, 1.807) is 6.20 Å². The molecule has 0 amide bonds. The Morgan fingerprint density at radius 3 is 2.14 bits per heavy atom. The number of aromatic nitrogens is 1. The molecule has 0 fully saturated rings. The Bertz CT molecular complexity index is 186. The molecule has 0 spiro atoms. The monoisotopic (exact) mass is 196 g/mol. The average molecular weight is 196 g/mol. The van der Waals surface area contributed by atoms with Crippen molar-refractivity contribution in [3.05, 3.63) is 29.6 Å². The molecular weight excluding hydrogens is 172 g/mol. The van der Waals surface area contributed by atoms with E-state index in [4.69, 9.17) is 5.73 Å². The van der Waals surface area contributed by atoms with Crippen LogP contribution in [0.25, 0.3) is 0 Å². The number of hydrogen-bond acceptors (Lipinski definition) is 2. The van der Waals surface area contributed by atoms with Gasteiger partial charge in [-0.05, 0) is 18.1 Å². The summed E-state index contributed by atoms with van der Waals surface area (Å²) in [4.78, 5) is 4.14. The molecule has 1 aromatic heterocycles. The van der Waals surface area contributed by atoms with Crippen LogP contribution >= 0.6 is 0 Å². The molecule has 0 saturated carbocycles. The zero-order valence-electron chi connectivity index (χ0n) is 10.2. The van der Waals surface area contributed by atoms with Gasteiger partial charge in [0.05, 0.1) is 5.69 Å². The van der Waals surface area contributed by atoms with Crippen LogP contribution < -0.4 is 5.73 Å². The predicted octanol–water partition coefficient (Wildman–Crippen LogP) is 3.16. The van der Waals surface area contributed by atoms with Crippen LogP contribution in [-0.4, -0.2) is 4.98 Å². The number of rotatable bonds is 2. The highest BCUT2D eigenvalue weighted by molar-refractivity contribution is 5.18. The lowest BCUT2D eigenvalue weighted by molar-refractivity contribution is 0.936.